The number of amides is 2. The van der Waals surface area contributed by atoms with Gasteiger partial charge < -0.3 is 10.6 Å². The van der Waals surface area contributed by atoms with Gasteiger partial charge in [-0.15, -0.1) is 0 Å². The molecule has 0 aliphatic rings. The molecule has 0 spiro atoms. The van der Waals surface area contributed by atoms with Gasteiger partial charge in [0.05, 0.1) is 16.8 Å². The van der Waals surface area contributed by atoms with E-state index >= 15 is 0 Å². The number of benzene rings is 2. The molecule has 3 aromatic rings. The van der Waals surface area contributed by atoms with Gasteiger partial charge in [0.15, 0.2) is 0 Å². The van der Waals surface area contributed by atoms with Crippen molar-refractivity contribution in [2.45, 2.75) is 6.92 Å². The lowest BCUT2D eigenvalue weighted by atomic mass is 10.1. The number of aryl methyl sites for hydroxylation is 1. The van der Waals surface area contributed by atoms with E-state index in [9.17, 15) is 14.0 Å². The molecule has 136 valence electrons. The second-order valence-electron chi connectivity index (χ2n) is 5.81. The van der Waals surface area contributed by atoms with Crippen LogP contribution in [-0.4, -0.2) is 16.8 Å². The maximum Gasteiger partial charge on any atom is 0.257 e. The summed E-state index contributed by atoms with van der Waals surface area (Å²) >= 11 is 5.96. The number of anilines is 2. The Morgan fingerprint density at radius 3 is 2.22 bits per heavy atom. The van der Waals surface area contributed by atoms with Crippen molar-refractivity contribution in [2.24, 2.45) is 0 Å². The normalized spacial score (nSPS) is 10.3. The Morgan fingerprint density at radius 1 is 0.926 bits per heavy atom. The van der Waals surface area contributed by atoms with Crippen molar-refractivity contribution in [3.63, 3.8) is 0 Å². The number of nitrogens with one attached hydrogen (secondary N) is 2. The topological polar surface area (TPSA) is 71.1 Å². The maximum absolute atomic E-state index is 13.7. The molecule has 7 heteroatoms. The van der Waals surface area contributed by atoms with Crippen molar-refractivity contribution >= 4 is 34.8 Å². The van der Waals surface area contributed by atoms with Crippen LogP contribution in [0.15, 0.2) is 60.9 Å². The lowest BCUT2D eigenvalue weighted by Gasteiger charge is -2.10. The molecule has 0 aliphatic carbocycles. The Balaban J connectivity index is 1.78. The van der Waals surface area contributed by atoms with E-state index in [0.29, 0.717) is 10.7 Å². The van der Waals surface area contributed by atoms with E-state index in [4.69, 9.17) is 11.6 Å². The summed E-state index contributed by atoms with van der Waals surface area (Å²) in [4.78, 5) is 28.7. The maximum atomic E-state index is 13.7. The number of para-hydroxylation sites is 1. The van der Waals surface area contributed by atoms with Gasteiger partial charge in [0, 0.05) is 23.1 Å². The number of carbonyl (C=O) groups is 2. The van der Waals surface area contributed by atoms with Gasteiger partial charge >= 0.3 is 0 Å². The summed E-state index contributed by atoms with van der Waals surface area (Å²) in [6.45, 7) is 1.84. The Bertz CT molecular complexity index is 1020. The quantitative estimate of drug-likeness (QED) is 0.686. The number of carbonyl (C=O) groups excluding carboxylic acids is 2. The first-order valence-electron chi connectivity index (χ1n) is 8.02. The Morgan fingerprint density at radius 2 is 1.56 bits per heavy atom. The monoisotopic (exact) mass is 383 g/mol. The largest absolute Gasteiger partial charge is 0.322 e. The molecule has 0 bridgehead atoms. The number of halogens is 2. The van der Waals surface area contributed by atoms with E-state index in [1.807, 2.05) is 6.92 Å². The van der Waals surface area contributed by atoms with Gasteiger partial charge in [-0.1, -0.05) is 29.8 Å². The summed E-state index contributed by atoms with van der Waals surface area (Å²) in [6.07, 6.45) is 2.65. The number of hydrogen-bond donors (Lipinski definition) is 2. The third-order valence-electron chi connectivity index (χ3n) is 3.83. The van der Waals surface area contributed by atoms with E-state index in [1.165, 1.54) is 36.7 Å². The third kappa shape index (κ3) is 4.48. The van der Waals surface area contributed by atoms with Gasteiger partial charge in [0.2, 0.25) is 0 Å². The molecule has 2 aromatic carbocycles. The molecule has 5 nitrogen and oxygen atoms in total. The van der Waals surface area contributed by atoms with Crippen molar-refractivity contribution in [3.05, 3.63) is 88.5 Å². The molecule has 0 atom stereocenters. The van der Waals surface area contributed by atoms with Crippen LogP contribution >= 0.6 is 11.6 Å². The van der Waals surface area contributed by atoms with Crippen molar-refractivity contribution < 1.29 is 14.0 Å². The van der Waals surface area contributed by atoms with Crippen LogP contribution in [0.3, 0.4) is 0 Å². The van der Waals surface area contributed by atoms with E-state index in [-0.39, 0.29) is 16.8 Å². The zero-order valence-corrected chi connectivity index (χ0v) is 15.0. The molecule has 0 unspecified atom stereocenters. The predicted octanol–water partition coefficient (Wildman–Crippen LogP) is 4.69. The molecule has 2 amide bonds. The highest BCUT2D eigenvalue weighted by Gasteiger charge is 2.14. The number of rotatable bonds is 4. The predicted molar refractivity (Wildman–Crippen MR) is 103 cm³/mol. The molecule has 2 N–H and O–H groups in total. The second-order valence-corrected chi connectivity index (χ2v) is 6.25. The highest BCUT2D eigenvalue weighted by atomic mass is 35.5. The van der Waals surface area contributed by atoms with E-state index < -0.39 is 17.6 Å². The van der Waals surface area contributed by atoms with Gasteiger partial charge in [-0.3, -0.25) is 14.6 Å². The molecular formula is C20H15ClFN3O2. The second kappa shape index (κ2) is 7.97. The minimum Gasteiger partial charge on any atom is -0.322 e. The molecule has 0 saturated heterocycles. The standard InChI is InChI=1S/C20H15ClFN3O2/c1-12-6-7-15(21)9-18(12)25-20(27)14-8-13(10-23-11-14)19(26)24-17-5-3-2-4-16(17)22/h2-11H,1H3,(H,24,26)(H,25,27). The van der Waals surface area contributed by atoms with Crippen LogP contribution in [0.4, 0.5) is 15.8 Å². The van der Waals surface area contributed by atoms with Crippen LogP contribution in [-0.2, 0) is 0 Å². The fraction of sp³-hybridized carbons (Fsp3) is 0.0500. The number of hydrogen-bond acceptors (Lipinski definition) is 3. The minimum absolute atomic E-state index is 0.0481. The summed E-state index contributed by atoms with van der Waals surface area (Å²) in [6, 6.07) is 12.3. The molecule has 1 aromatic heterocycles. The van der Waals surface area contributed by atoms with Crippen LogP contribution in [0.25, 0.3) is 0 Å². The minimum atomic E-state index is -0.568. The Labute approximate surface area is 160 Å². The summed E-state index contributed by atoms with van der Waals surface area (Å²) in [5, 5.41) is 5.69. The van der Waals surface area contributed by atoms with E-state index in [0.717, 1.165) is 5.56 Å². The average Bonchev–Trinajstić information content (AvgIpc) is 2.66. The van der Waals surface area contributed by atoms with Gasteiger partial charge in [-0.05, 0) is 42.8 Å². The van der Waals surface area contributed by atoms with Gasteiger partial charge in [-0.25, -0.2) is 4.39 Å². The zero-order chi connectivity index (χ0) is 19.4. The average molecular weight is 384 g/mol. The smallest absolute Gasteiger partial charge is 0.257 e. The van der Waals surface area contributed by atoms with Crippen molar-refractivity contribution in [1.82, 2.24) is 4.98 Å². The highest BCUT2D eigenvalue weighted by molar-refractivity contribution is 6.31. The lowest BCUT2D eigenvalue weighted by Crippen LogP contribution is -2.17. The molecule has 27 heavy (non-hydrogen) atoms. The van der Waals surface area contributed by atoms with Crippen molar-refractivity contribution in [3.8, 4) is 0 Å². The summed E-state index contributed by atoms with van der Waals surface area (Å²) in [5.74, 6) is -1.56. The number of nitrogens with zero attached hydrogens (tertiary/aromatic N) is 1. The van der Waals surface area contributed by atoms with Crippen molar-refractivity contribution in [2.75, 3.05) is 10.6 Å². The molecule has 0 saturated carbocycles. The molecule has 3 rings (SSSR count). The highest BCUT2D eigenvalue weighted by Crippen LogP contribution is 2.21. The van der Waals surface area contributed by atoms with Crippen LogP contribution in [0.5, 0.6) is 0 Å². The SMILES string of the molecule is Cc1ccc(Cl)cc1NC(=O)c1cncc(C(=O)Nc2ccccc2F)c1. The number of pyridine rings is 1. The Kier molecular flexibility index (Phi) is 5.47. The van der Waals surface area contributed by atoms with Crippen LogP contribution < -0.4 is 10.6 Å². The molecule has 0 aliphatic heterocycles. The van der Waals surface area contributed by atoms with Crippen LogP contribution in [0.2, 0.25) is 5.02 Å². The summed E-state index contributed by atoms with van der Waals surface area (Å²) in [7, 11) is 0. The van der Waals surface area contributed by atoms with E-state index in [2.05, 4.69) is 15.6 Å². The third-order valence-corrected chi connectivity index (χ3v) is 4.07. The van der Waals surface area contributed by atoms with E-state index in [1.54, 1.807) is 24.3 Å². The molecule has 0 radical (unpaired) electrons. The zero-order valence-electron chi connectivity index (χ0n) is 14.3. The molecule has 0 fully saturated rings. The van der Waals surface area contributed by atoms with Crippen LogP contribution in [0.1, 0.15) is 26.3 Å². The van der Waals surface area contributed by atoms with Gasteiger partial charge in [0.25, 0.3) is 11.8 Å². The first kappa shape index (κ1) is 18.5. The fourth-order valence-electron chi connectivity index (χ4n) is 2.37. The van der Waals surface area contributed by atoms with Gasteiger partial charge in [0.1, 0.15) is 5.82 Å². The summed E-state index contributed by atoms with van der Waals surface area (Å²) < 4.78 is 13.7. The first-order valence-corrected chi connectivity index (χ1v) is 8.40. The first-order chi connectivity index (χ1) is 12.9. The lowest BCUT2D eigenvalue weighted by molar-refractivity contribution is 0.102. The van der Waals surface area contributed by atoms with Crippen LogP contribution in [0, 0.1) is 12.7 Å². The fourth-order valence-corrected chi connectivity index (χ4v) is 2.54. The van der Waals surface area contributed by atoms with Gasteiger partial charge in [-0.2, -0.15) is 0 Å². The summed E-state index contributed by atoms with van der Waals surface area (Å²) in [5.41, 5.74) is 1.78. The van der Waals surface area contributed by atoms with Crippen molar-refractivity contribution in [1.29, 1.82) is 0 Å². The number of aromatic nitrogens is 1. The molecular weight excluding hydrogens is 369 g/mol. The molecule has 1 heterocycles. The Hall–Kier alpha value is -3.25.